The predicted molar refractivity (Wildman–Crippen MR) is 263 cm³/mol. The van der Waals surface area contributed by atoms with Crippen LogP contribution in [-0.4, -0.2) is 75.5 Å². The van der Waals surface area contributed by atoms with Gasteiger partial charge in [-0.25, -0.2) is 0 Å². The number of rotatable bonds is 46. The number of carboxylic acid groups (broad SMARTS) is 1. The van der Waals surface area contributed by atoms with Crippen molar-refractivity contribution < 1.29 is 38.2 Å². The van der Waals surface area contributed by atoms with Gasteiger partial charge in [-0.1, -0.05) is 209 Å². The van der Waals surface area contributed by atoms with Crippen molar-refractivity contribution in [1.29, 1.82) is 0 Å². The van der Waals surface area contributed by atoms with Crippen LogP contribution in [0.3, 0.4) is 0 Å². The second-order valence-corrected chi connectivity index (χ2v) is 18.4. The Bertz CT molecular complexity index is 1210. The van der Waals surface area contributed by atoms with Crippen LogP contribution < -0.4 is 5.11 Å². The number of unbranched alkanes of at least 4 members (excludes halogenated alkanes) is 22. The van der Waals surface area contributed by atoms with E-state index in [1.807, 2.05) is 0 Å². The van der Waals surface area contributed by atoms with Crippen LogP contribution in [0.5, 0.6) is 0 Å². The molecule has 2 unspecified atom stereocenters. The van der Waals surface area contributed by atoms with E-state index in [1.165, 1.54) is 122 Å². The summed E-state index contributed by atoms with van der Waals surface area (Å²) >= 11 is 0. The molecule has 0 saturated carbocycles. The molecule has 364 valence electrons. The highest BCUT2D eigenvalue weighted by Gasteiger charge is 2.25. The van der Waals surface area contributed by atoms with Crippen LogP contribution in [0.15, 0.2) is 60.8 Å². The van der Waals surface area contributed by atoms with E-state index in [9.17, 15) is 19.5 Å². The Morgan fingerprint density at radius 3 is 1.30 bits per heavy atom. The molecule has 0 aliphatic carbocycles. The van der Waals surface area contributed by atoms with Crippen molar-refractivity contribution in [1.82, 2.24) is 0 Å². The van der Waals surface area contributed by atoms with Gasteiger partial charge < -0.3 is 28.6 Å². The van der Waals surface area contributed by atoms with E-state index in [0.717, 1.165) is 57.8 Å². The second kappa shape index (κ2) is 45.6. The van der Waals surface area contributed by atoms with Crippen LogP contribution in [0, 0.1) is 0 Å². The molecule has 0 radical (unpaired) electrons. The molecule has 0 amide bonds. The van der Waals surface area contributed by atoms with Crippen molar-refractivity contribution in [2.45, 2.75) is 231 Å². The number of esters is 2. The first-order valence-electron chi connectivity index (χ1n) is 25.8. The van der Waals surface area contributed by atoms with Crippen molar-refractivity contribution in [3.05, 3.63) is 60.8 Å². The van der Waals surface area contributed by atoms with Gasteiger partial charge in [0.05, 0.1) is 40.3 Å². The minimum absolute atomic E-state index is 0.0231. The number of allylic oxidation sites excluding steroid dienone is 10. The van der Waals surface area contributed by atoms with Crippen molar-refractivity contribution in [3.63, 3.8) is 0 Å². The lowest BCUT2D eigenvalue weighted by Crippen LogP contribution is -2.55. The molecule has 0 aromatic heterocycles. The maximum absolute atomic E-state index is 12.8. The molecule has 0 fully saturated rings. The number of likely N-dealkylation sites (N-methyl/N-ethyl adjacent to an activating group) is 1. The molecular formula is C55H97NO7. The van der Waals surface area contributed by atoms with E-state index in [-0.39, 0.29) is 49.1 Å². The molecular weight excluding hydrogens is 787 g/mol. The molecule has 0 aliphatic heterocycles. The molecule has 0 aromatic carbocycles. The molecule has 0 aliphatic rings. The van der Waals surface area contributed by atoms with E-state index < -0.39 is 18.1 Å². The summed E-state index contributed by atoms with van der Waals surface area (Å²) in [5, 5.41) is 11.7. The molecule has 8 nitrogen and oxygen atoms in total. The van der Waals surface area contributed by atoms with E-state index >= 15 is 0 Å². The zero-order chi connectivity index (χ0) is 46.3. The first-order chi connectivity index (χ1) is 30.6. The number of ether oxygens (including phenoxy) is 3. The molecule has 0 heterocycles. The fraction of sp³-hybridized carbons (Fsp3) is 0.764. The van der Waals surface area contributed by atoms with Crippen LogP contribution in [0.4, 0.5) is 0 Å². The summed E-state index contributed by atoms with van der Waals surface area (Å²) in [5.74, 6) is -1.80. The third kappa shape index (κ3) is 44.0. The Morgan fingerprint density at radius 1 is 0.492 bits per heavy atom. The zero-order valence-electron chi connectivity index (χ0n) is 41.5. The monoisotopic (exact) mass is 884 g/mol. The summed E-state index contributed by atoms with van der Waals surface area (Å²) in [6.07, 6.45) is 56.9. The minimum atomic E-state index is -1.13. The number of carbonyl (C=O) groups excluding carboxylic acids is 3. The molecule has 0 rings (SSSR count). The van der Waals surface area contributed by atoms with Crippen LogP contribution in [0.25, 0.3) is 0 Å². The van der Waals surface area contributed by atoms with Crippen LogP contribution in [-0.2, 0) is 28.6 Å². The standard InChI is InChI=1S/C55H97NO7/c1-6-8-10-12-14-16-18-20-22-24-25-26-27-28-30-32-34-36-38-40-42-44-46-54(58)63-51(49-61-48-47-52(55(59)60)56(3,4)5)50-62-53(57)45-43-41-39-37-35-33-31-29-23-21-19-17-15-13-11-9-7-2/h9,11,15,17,21,23,31,33,37,39,51-52H,6-8,10,12-14,16,18-20,22,24-30,32,34-36,38,40-50H2,1-5H3/b11-9+,17-15+,23-21+,33-31+,39-37+. The zero-order valence-corrected chi connectivity index (χ0v) is 41.5. The summed E-state index contributed by atoms with van der Waals surface area (Å²) in [5.41, 5.74) is 0. The van der Waals surface area contributed by atoms with Gasteiger partial charge in [-0.15, -0.1) is 0 Å². The fourth-order valence-electron chi connectivity index (χ4n) is 7.46. The SMILES string of the molecule is CC/C=C/C/C=C/C/C=C/C/C=C/C/C=C/CCCC(=O)OCC(COCCC(C(=O)[O-])[N+](C)(C)C)OC(=O)CCCCCCCCCCCCCCCCCCCCCCCC. The number of nitrogens with zero attached hydrogens (tertiary/aromatic N) is 1. The Balaban J connectivity index is 4.28. The lowest BCUT2D eigenvalue weighted by Gasteiger charge is -2.34. The fourth-order valence-corrected chi connectivity index (χ4v) is 7.46. The van der Waals surface area contributed by atoms with Gasteiger partial charge in [0.15, 0.2) is 6.10 Å². The number of hydrogen-bond donors (Lipinski definition) is 0. The summed E-state index contributed by atoms with van der Waals surface area (Å²) < 4.78 is 17.2. The van der Waals surface area contributed by atoms with Gasteiger partial charge in [0.1, 0.15) is 12.6 Å². The number of hydrogen-bond acceptors (Lipinski definition) is 7. The summed E-state index contributed by atoms with van der Waals surface area (Å²) in [6, 6.07) is -0.735. The smallest absolute Gasteiger partial charge is 0.306 e. The highest BCUT2D eigenvalue weighted by Crippen LogP contribution is 2.16. The van der Waals surface area contributed by atoms with Crippen molar-refractivity contribution >= 4 is 17.9 Å². The van der Waals surface area contributed by atoms with Crippen LogP contribution in [0.1, 0.15) is 219 Å². The summed E-state index contributed by atoms with van der Waals surface area (Å²) in [4.78, 5) is 37.0. The quantitative estimate of drug-likeness (QED) is 0.0260. The minimum Gasteiger partial charge on any atom is -0.544 e. The molecule has 2 atom stereocenters. The van der Waals surface area contributed by atoms with E-state index in [2.05, 4.69) is 74.6 Å². The highest BCUT2D eigenvalue weighted by molar-refractivity contribution is 5.70. The molecule has 0 aromatic rings. The summed E-state index contributed by atoms with van der Waals surface area (Å²) in [6.45, 7) is 4.51. The van der Waals surface area contributed by atoms with E-state index in [0.29, 0.717) is 12.8 Å². The topological polar surface area (TPSA) is 102 Å². The van der Waals surface area contributed by atoms with E-state index in [1.54, 1.807) is 21.1 Å². The third-order valence-corrected chi connectivity index (χ3v) is 11.4. The number of carbonyl (C=O) groups is 3. The van der Waals surface area contributed by atoms with Crippen LogP contribution >= 0.6 is 0 Å². The molecule has 0 spiro atoms. The molecule has 0 bridgehead atoms. The molecule has 8 heteroatoms. The predicted octanol–water partition coefficient (Wildman–Crippen LogP) is 13.6. The number of quaternary nitrogens is 1. The first kappa shape index (κ1) is 60.0. The number of carboxylic acids is 1. The van der Waals surface area contributed by atoms with Gasteiger partial charge in [-0.05, 0) is 51.4 Å². The highest BCUT2D eigenvalue weighted by atomic mass is 16.6. The number of aliphatic carboxylic acids is 1. The second-order valence-electron chi connectivity index (χ2n) is 18.4. The lowest BCUT2D eigenvalue weighted by molar-refractivity contribution is -0.889. The van der Waals surface area contributed by atoms with Crippen LogP contribution in [0.2, 0.25) is 0 Å². The lowest BCUT2D eigenvalue weighted by atomic mass is 10.0. The van der Waals surface area contributed by atoms with Gasteiger partial charge in [0.25, 0.3) is 0 Å². The normalized spacial score (nSPS) is 13.3. The van der Waals surface area contributed by atoms with Gasteiger partial charge in [0.2, 0.25) is 0 Å². The van der Waals surface area contributed by atoms with Gasteiger partial charge in [0, 0.05) is 19.3 Å². The van der Waals surface area contributed by atoms with Crippen molar-refractivity contribution in [2.75, 3.05) is 41.0 Å². The maximum Gasteiger partial charge on any atom is 0.306 e. The van der Waals surface area contributed by atoms with Gasteiger partial charge in [-0.2, -0.15) is 0 Å². The Labute approximate surface area is 388 Å². The largest absolute Gasteiger partial charge is 0.544 e. The third-order valence-electron chi connectivity index (χ3n) is 11.4. The molecule has 0 N–H and O–H groups in total. The first-order valence-corrected chi connectivity index (χ1v) is 25.8. The summed E-state index contributed by atoms with van der Waals surface area (Å²) in [7, 11) is 5.40. The average Bonchev–Trinajstić information content (AvgIpc) is 3.24. The maximum atomic E-state index is 12.8. The Kier molecular flexibility index (Phi) is 43.4. The van der Waals surface area contributed by atoms with Gasteiger partial charge >= 0.3 is 11.9 Å². The van der Waals surface area contributed by atoms with Crippen molar-refractivity contribution in [2.24, 2.45) is 0 Å². The van der Waals surface area contributed by atoms with Gasteiger partial charge in [-0.3, -0.25) is 9.59 Å². The van der Waals surface area contributed by atoms with E-state index in [4.69, 9.17) is 14.2 Å². The molecule has 0 saturated heterocycles. The Hall–Kier alpha value is -2.97. The average molecular weight is 884 g/mol. The Morgan fingerprint density at radius 2 is 0.889 bits per heavy atom. The van der Waals surface area contributed by atoms with Crippen molar-refractivity contribution in [3.8, 4) is 0 Å². The molecule has 63 heavy (non-hydrogen) atoms.